The molecule has 2 aromatic carbocycles. The van der Waals surface area contributed by atoms with Gasteiger partial charge in [-0.3, -0.25) is 4.90 Å². The minimum Gasteiger partial charge on any atom is -0.496 e. The van der Waals surface area contributed by atoms with E-state index in [1.54, 1.807) is 7.11 Å². The summed E-state index contributed by atoms with van der Waals surface area (Å²) >= 11 is 0. The Morgan fingerprint density at radius 1 is 0.903 bits per heavy atom. The van der Waals surface area contributed by atoms with Crippen LogP contribution in [0.25, 0.3) is 0 Å². The second-order valence-electron chi connectivity index (χ2n) is 9.34. The second kappa shape index (κ2) is 9.62. The van der Waals surface area contributed by atoms with Crippen molar-refractivity contribution in [1.29, 1.82) is 0 Å². The third-order valence-corrected chi connectivity index (χ3v) is 7.42. The summed E-state index contributed by atoms with van der Waals surface area (Å²) in [6.07, 6.45) is 7.76. The number of para-hydroxylation sites is 1. The maximum atomic E-state index is 6.23. The average Bonchev–Trinajstić information content (AvgIpc) is 3.31. The maximum absolute atomic E-state index is 6.23. The van der Waals surface area contributed by atoms with Gasteiger partial charge in [0.25, 0.3) is 0 Å². The van der Waals surface area contributed by atoms with Crippen LogP contribution in [-0.2, 0) is 0 Å². The first kappa shape index (κ1) is 20.8. The lowest BCUT2D eigenvalue weighted by Crippen LogP contribution is -2.34. The van der Waals surface area contributed by atoms with Gasteiger partial charge in [-0.05, 0) is 81.1 Å². The number of piperidine rings is 1. The van der Waals surface area contributed by atoms with Gasteiger partial charge in [0.2, 0.25) is 0 Å². The van der Waals surface area contributed by atoms with Crippen LogP contribution in [0.4, 0.5) is 0 Å². The molecule has 2 fully saturated rings. The first-order chi connectivity index (χ1) is 15.3. The predicted octanol–water partition coefficient (Wildman–Crippen LogP) is 5.23. The quantitative estimate of drug-likeness (QED) is 0.573. The van der Waals surface area contributed by atoms with Gasteiger partial charge in [-0.15, -0.1) is 0 Å². The summed E-state index contributed by atoms with van der Waals surface area (Å²) in [6, 6.07) is 15.9. The summed E-state index contributed by atoms with van der Waals surface area (Å²) < 4.78 is 11.9. The van der Waals surface area contributed by atoms with Crippen LogP contribution in [0.5, 0.6) is 11.5 Å². The summed E-state index contributed by atoms with van der Waals surface area (Å²) in [5.74, 6) is 2.38. The molecule has 0 radical (unpaired) electrons. The molecule has 31 heavy (non-hydrogen) atoms. The molecule has 3 aliphatic heterocycles. The van der Waals surface area contributed by atoms with Gasteiger partial charge in [-0.2, -0.15) is 0 Å². The van der Waals surface area contributed by atoms with Crippen LogP contribution in [-0.4, -0.2) is 56.2 Å². The summed E-state index contributed by atoms with van der Waals surface area (Å²) in [7, 11) is 1.78. The van der Waals surface area contributed by atoms with E-state index in [9.17, 15) is 0 Å². The Hall–Kier alpha value is -2.04. The molecule has 4 heteroatoms. The number of fused-ring (bicyclic) bond motifs is 3. The largest absolute Gasteiger partial charge is 0.496 e. The molecule has 0 saturated carbocycles. The monoisotopic (exact) mass is 420 g/mol. The third-order valence-electron chi connectivity index (χ3n) is 7.42. The van der Waals surface area contributed by atoms with Gasteiger partial charge < -0.3 is 14.4 Å². The molecule has 0 unspecified atom stereocenters. The molecule has 3 aliphatic rings. The lowest BCUT2D eigenvalue weighted by molar-refractivity contribution is 0.204. The van der Waals surface area contributed by atoms with Crippen molar-refractivity contribution in [2.75, 3.05) is 46.4 Å². The fraction of sp³-hybridized carbons (Fsp3) is 0.556. The average molecular weight is 421 g/mol. The van der Waals surface area contributed by atoms with Crippen molar-refractivity contribution in [3.8, 4) is 11.5 Å². The smallest absolute Gasteiger partial charge is 0.122 e. The zero-order valence-corrected chi connectivity index (χ0v) is 18.9. The molecular formula is C27H36N2O2. The van der Waals surface area contributed by atoms with Gasteiger partial charge in [0.05, 0.1) is 13.7 Å². The van der Waals surface area contributed by atoms with E-state index in [0.717, 1.165) is 37.6 Å². The number of rotatable bonds is 7. The highest BCUT2D eigenvalue weighted by Gasteiger charge is 2.37. The number of ether oxygens (including phenoxy) is 2. The van der Waals surface area contributed by atoms with Crippen molar-refractivity contribution in [3.63, 3.8) is 0 Å². The lowest BCUT2D eigenvalue weighted by atomic mass is 9.81. The van der Waals surface area contributed by atoms with Crippen molar-refractivity contribution >= 4 is 0 Å². The Kier molecular flexibility index (Phi) is 6.47. The topological polar surface area (TPSA) is 24.9 Å². The first-order valence-corrected chi connectivity index (χ1v) is 12.2. The van der Waals surface area contributed by atoms with Crippen LogP contribution in [0.1, 0.15) is 67.2 Å². The van der Waals surface area contributed by atoms with Gasteiger partial charge in [0.15, 0.2) is 0 Å². The Morgan fingerprint density at radius 3 is 2.65 bits per heavy atom. The zero-order chi connectivity index (χ0) is 21.0. The molecule has 0 spiro atoms. The molecule has 2 saturated heterocycles. The summed E-state index contributed by atoms with van der Waals surface area (Å²) in [6.45, 7) is 6.77. The van der Waals surface area contributed by atoms with Crippen LogP contribution < -0.4 is 9.47 Å². The van der Waals surface area contributed by atoms with E-state index >= 15 is 0 Å². The predicted molar refractivity (Wildman–Crippen MR) is 125 cm³/mol. The van der Waals surface area contributed by atoms with Gasteiger partial charge in [0, 0.05) is 30.6 Å². The van der Waals surface area contributed by atoms with Crippen LogP contribution in [0.15, 0.2) is 42.5 Å². The molecular weight excluding hydrogens is 384 g/mol. The van der Waals surface area contributed by atoms with E-state index in [4.69, 9.17) is 9.47 Å². The second-order valence-corrected chi connectivity index (χ2v) is 9.34. The Morgan fingerprint density at radius 2 is 1.77 bits per heavy atom. The fourth-order valence-corrected chi connectivity index (χ4v) is 5.86. The highest BCUT2D eigenvalue weighted by atomic mass is 16.5. The van der Waals surface area contributed by atoms with Gasteiger partial charge in [-0.25, -0.2) is 0 Å². The van der Waals surface area contributed by atoms with E-state index in [1.807, 2.05) is 0 Å². The van der Waals surface area contributed by atoms with Gasteiger partial charge >= 0.3 is 0 Å². The number of benzene rings is 2. The van der Waals surface area contributed by atoms with Gasteiger partial charge in [-0.1, -0.05) is 30.7 Å². The summed E-state index contributed by atoms with van der Waals surface area (Å²) in [5.41, 5.74) is 4.22. The van der Waals surface area contributed by atoms with E-state index in [1.165, 1.54) is 68.4 Å². The molecule has 0 N–H and O–H groups in total. The minimum absolute atomic E-state index is 0.355. The first-order valence-electron chi connectivity index (χ1n) is 12.2. The molecule has 2 atom stereocenters. The number of methoxy groups -OCH3 is 1. The van der Waals surface area contributed by atoms with Gasteiger partial charge in [0.1, 0.15) is 11.5 Å². The number of nitrogens with zero attached hydrogens (tertiary/aromatic N) is 2. The van der Waals surface area contributed by atoms with E-state index in [2.05, 4.69) is 52.3 Å². The molecule has 0 aliphatic carbocycles. The Balaban J connectivity index is 1.32. The van der Waals surface area contributed by atoms with Crippen molar-refractivity contribution in [2.24, 2.45) is 0 Å². The van der Waals surface area contributed by atoms with Crippen molar-refractivity contribution in [2.45, 2.75) is 50.5 Å². The molecule has 0 aromatic heterocycles. The van der Waals surface area contributed by atoms with Crippen LogP contribution in [0, 0.1) is 0 Å². The minimum atomic E-state index is 0.355. The number of hydrogen-bond donors (Lipinski definition) is 0. The Labute approximate surface area is 187 Å². The fourth-order valence-electron chi connectivity index (χ4n) is 5.86. The molecule has 5 rings (SSSR count). The van der Waals surface area contributed by atoms with E-state index in [-0.39, 0.29) is 0 Å². The zero-order valence-electron chi connectivity index (χ0n) is 18.9. The maximum Gasteiger partial charge on any atom is 0.122 e. The van der Waals surface area contributed by atoms with Crippen molar-refractivity contribution in [3.05, 3.63) is 59.2 Å². The standard InChI is InChI=1S/C27H36N2O2/c1-30-27-11-4-3-9-23(27)25-20-29-17-7-10-26(29)24-19-21(12-13-22(24)25)31-18-8-16-28-14-5-2-6-15-28/h3-4,9,11-13,19,25-26H,2,5-8,10,14-18,20H2,1H3/t25-,26+/m1/s1. The highest BCUT2D eigenvalue weighted by Crippen LogP contribution is 2.46. The summed E-state index contributed by atoms with van der Waals surface area (Å²) in [4.78, 5) is 5.26. The highest BCUT2D eigenvalue weighted by molar-refractivity contribution is 5.49. The van der Waals surface area contributed by atoms with Crippen LogP contribution in [0.3, 0.4) is 0 Å². The van der Waals surface area contributed by atoms with Crippen molar-refractivity contribution in [1.82, 2.24) is 9.80 Å². The molecule has 4 nitrogen and oxygen atoms in total. The SMILES string of the molecule is COc1ccccc1[C@@H]1CN2CCC[C@H]2c2cc(OCCCN3CCCCC3)ccc21. The molecule has 0 bridgehead atoms. The lowest BCUT2D eigenvalue weighted by Gasteiger charge is -2.38. The van der Waals surface area contributed by atoms with Crippen LogP contribution in [0.2, 0.25) is 0 Å². The molecule has 166 valence electrons. The van der Waals surface area contributed by atoms with Crippen molar-refractivity contribution < 1.29 is 9.47 Å². The number of hydrogen-bond acceptors (Lipinski definition) is 4. The molecule has 0 amide bonds. The normalized spacial score (nSPS) is 23.9. The molecule has 2 aromatic rings. The van der Waals surface area contributed by atoms with E-state index in [0.29, 0.717) is 12.0 Å². The molecule has 3 heterocycles. The Bertz CT molecular complexity index is 877. The number of likely N-dealkylation sites (tertiary alicyclic amines) is 1. The third kappa shape index (κ3) is 4.47. The van der Waals surface area contributed by atoms with Crippen LogP contribution >= 0.6 is 0 Å². The van der Waals surface area contributed by atoms with E-state index < -0.39 is 0 Å². The summed E-state index contributed by atoms with van der Waals surface area (Å²) in [5, 5.41) is 0.